The minimum absolute atomic E-state index is 0.139. The molecule has 0 aliphatic heterocycles. The lowest BCUT2D eigenvalue weighted by atomic mass is 9.91. The van der Waals surface area contributed by atoms with E-state index in [1.54, 1.807) is 0 Å². The molecule has 3 heteroatoms. The highest BCUT2D eigenvalue weighted by Gasteiger charge is 2.26. The van der Waals surface area contributed by atoms with E-state index in [9.17, 15) is 0 Å². The number of fused-ring (bicyclic) bond motifs is 1. The van der Waals surface area contributed by atoms with Gasteiger partial charge in [-0.3, -0.25) is 0 Å². The molecule has 1 saturated carbocycles. The summed E-state index contributed by atoms with van der Waals surface area (Å²) in [5, 5.41) is 1.97. The van der Waals surface area contributed by atoms with Crippen molar-refractivity contribution in [2.24, 2.45) is 11.7 Å². The zero-order valence-electron chi connectivity index (χ0n) is 10.7. The minimum Gasteiger partial charge on any atom is -0.358 e. The molecule has 1 aromatic heterocycles. The fraction of sp³-hybridized carbons (Fsp3) is 0.467. The van der Waals surface area contributed by atoms with Crippen molar-refractivity contribution < 1.29 is 0 Å². The molecule has 0 saturated heterocycles. The van der Waals surface area contributed by atoms with E-state index < -0.39 is 0 Å². The molecule has 1 unspecified atom stereocenters. The molecule has 3 N–H and O–H groups in total. The number of H-pyrrole nitrogens is 1. The Labute approximate surface area is 113 Å². The van der Waals surface area contributed by atoms with Gasteiger partial charge >= 0.3 is 0 Å². The van der Waals surface area contributed by atoms with Crippen LogP contribution in [0.4, 0.5) is 0 Å². The van der Waals surface area contributed by atoms with Gasteiger partial charge in [-0.2, -0.15) is 0 Å². The van der Waals surface area contributed by atoms with Crippen molar-refractivity contribution >= 4 is 22.5 Å². The standard InChI is InChI=1S/C15H19ClN2/c1-9-14(15(17)10-4-2-3-5-10)12-8-11(16)6-7-13(12)18-9/h6-8,10,15,18H,2-5,17H2,1H3. The van der Waals surface area contributed by atoms with Crippen molar-refractivity contribution in [3.05, 3.63) is 34.5 Å². The maximum atomic E-state index is 6.50. The van der Waals surface area contributed by atoms with Crippen molar-refractivity contribution in [1.29, 1.82) is 0 Å². The number of hydrogen-bond donors (Lipinski definition) is 2. The molecule has 1 fully saturated rings. The smallest absolute Gasteiger partial charge is 0.0460 e. The highest BCUT2D eigenvalue weighted by atomic mass is 35.5. The van der Waals surface area contributed by atoms with Crippen LogP contribution >= 0.6 is 11.6 Å². The number of nitrogens with one attached hydrogen (secondary N) is 1. The van der Waals surface area contributed by atoms with Crippen LogP contribution in [0.5, 0.6) is 0 Å². The molecule has 1 aromatic carbocycles. The molecule has 96 valence electrons. The second kappa shape index (κ2) is 4.60. The van der Waals surface area contributed by atoms with E-state index in [1.165, 1.54) is 42.3 Å². The SMILES string of the molecule is Cc1[nH]c2ccc(Cl)cc2c1C(N)C1CCCC1. The van der Waals surface area contributed by atoms with E-state index in [2.05, 4.69) is 11.9 Å². The number of nitrogens with two attached hydrogens (primary N) is 1. The van der Waals surface area contributed by atoms with Crippen molar-refractivity contribution in [1.82, 2.24) is 4.98 Å². The second-order valence-electron chi connectivity index (χ2n) is 5.42. The number of aromatic amines is 1. The topological polar surface area (TPSA) is 41.8 Å². The number of aromatic nitrogens is 1. The summed E-state index contributed by atoms with van der Waals surface area (Å²) in [7, 11) is 0. The Morgan fingerprint density at radius 3 is 2.78 bits per heavy atom. The predicted molar refractivity (Wildman–Crippen MR) is 76.9 cm³/mol. The summed E-state index contributed by atoms with van der Waals surface area (Å²) >= 11 is 6.11. The van der Waals surface area contributed by atoms with Crippen molar-refractivity contribution in [2.75, 3.05) is 0 Å². The molecule has 2 nitrogen and oxygen atoms in total. The molecular weight excluding hydrogens is 244 g/mol. The van der Waals surface area contributed by atoms with Crippen LogP contribution < -0.4 is 5.73 Å². The molecule has 0 spiro atoms. The Balaban J connectivity index is 2.09. The van der Waals surface area contributed by atoms with Crippen LogP contribution in [-0.4, -0.2) is 4.98 Å². The first-order valence-corrected chi connectivity index (χ1v) is 7.08. The van der Waals surface area contributed by atoms with Gasteiger partial charge in [-0.05, 0) is 49.4 Å². The van der Waals surface area contributed by atoms with E-state index in [1.807, 2.05) is 18.2 Å². The monoisotopic (exact) mass is 262 g/mol. The van der Waals surface area contributed by atoms with Gasteiger partial charge < -0.3 is 10.7 Å². The molecular formula is C15H19ClN2. The van der Waals surface area contributed by atoms with E-state index in [0.29, 0.717) is 5.92 Å². The van der Waals surface area contributed by atoms with Gasteiger partial charge in [0, 0.05) is 27.7 Å². The van der Waals surface area contributed by atoms with Crippen LogP contribution in [0.15, 0.2) is 18.2 Å². The van der Waals surface area contributed by atoms with Gasteiger partial charge in [-0.15, -0.1) is 0 Å². The number of hydrogen-bond acceptors (Lipinski definition) is 1. The highest BCUT2D eigenvalue weighted by molar-refractivity contribution is 6.31. The summed E-state index contributed by atoms with van der Waals surface area (Å²) in [5.74, 6) is 0.627. The Bertz CT molecular complexity index is 567. The van der Waals surface area contributed by atoms with E-state index in [4.69, 9.17) is 17.3 Å². The Morgan fingerprint density at radius 2 is 2.06 bits per heavy atom. The van der Waals surface area contributed by atoms with Gasteiger partial charge in [-0.1, -0.05) is 24.4 Å². The van der Waals surface area contributed by atoms with Gasteiger partial charge in [-0.25, -0.2) is 0 Å². The predicted octanol–water partition coefficient (Wildman–Crippen LogP) is 4.32. The first-order chi connectivity index (χ1) is 8.66. The third kappa shape index (κ3) is 1.94. The summed E-state index contributed by atoms with van der Waals surface area (Å²) in [6.45, 7) is 2.11. The van der Waals surface area contributed by atoms with Crippen molar-refractivity contribution in [3.8, 4) is 0 Å². The summed E-state index contributed by atoms with van der Waals surface area (Å²) < 4.78 is 0. The van der Waals surface area contributed by atoms with Gasteiger partial charge in [0.05, 0.1) is 0 Å². The average molecular weight is 263 g/mol. The summed E-state index contributed by atoms with van der Waals surface area (Å²) in [5.41, 5.74) is 10.1. The molecule has 0 radical (unpaired) electrons. The molecule has 1 aliphatic rings. The van der Waals surface area contributed by atoms with Crippen LogP contribution in [-0.2, 0) is 0 Å². The molecule has 2 aromatic rings. The maximum Gasteiger partial charge on any atom is 0.0460 e. The van der Waals surface area contributed by atoms with Gasteiger partial charge in [0.25, 0.3) is 0 Å². The number of aryl methyl sites for hydroxylation is 1. The fourth-order valence-corrected chi connectivity index (χ4v) is 3.47. The lowest BCUT2D eigenvalue weighted by Gasteiger charge is -2.19. The van der Waals surface area contributed by atoms with Crippen LogP contribution in [0.3, 0.4) is 0 Å². The van der Waals surface area contributed by atoms with Crippen LogP contribution in [0, 0.1) is 12.8 Å². The normalized spacial score (nSPS) is 18.6. The third-order valence-electron chi connectivity index (χ3n) is 4.24. The quantitative estimate of drug-likeness (QED) is 0.832. The first-order valence-electron chi connectivity index (χ1n) is 6.70. The lowest BCUT2D eigenvalue weighted by molar-refractivity contribution is 0.445. The summed E-state index contributed by atoms with van der Waals surface area (Å²) in [4.78, 5) is 3.42. The van der Waals surface area contributed by atoms with E-state index >= 15 is 0 Å². The fourth-order valence-electron chi connectivity index (χ4n) is 3.30. The largest absolute Gasteiger partial charge is 0.358 e. The Hall–Kier alpha value is -0.990. The van der Waals surface area contributed by atoms with E-state index in [0.717, 1.165) is 10.5 Å². The first kappa shape index (κ1) is 12.1. The Morgan fingerprint density at radius 1 is 1.33 bits per heavy atom. The summed E-state index contributed by atoms with van der Waals surface area (Å²) in [6, 6.07) is 6.13. The second-order valence-corrected chi connectivity index (χ2v) is 5.86. The minimum atomic E-state index is 0.139. The number of halogens is 1. The van der Waals surface area contributed by atoms with Gasteiger partial charge in [0.2, 0.25) is 0 Å². The Kier molecular flexibility index (Phi) is 3.08. The number of benzene rings is 1. The third-order valence-corrected chi connectivity index (χ3v) is 4.47. The molecule has 3 rings (SSSR count). The van der Waals surface area contributed by atoms with Crippen LogP contribution in [0.2, 0.25) is 5.02 Å². The number of rotatable bonds is 2. The molecule has 0 amide bonds. The zero-order chi connectivity index (χ0) is 12.7. The van der Waals surface area contributed by atoms with Gasteiger partial charge in [0.15, 0.2) is 0 Å². The highest BCUT2D eigenvalue weighted by Crippen LogP contribution is 2.38. The maximum absolute atomic E-state index is 6.50. The van der Waals surface area contributed by atoms with Crippen LogP contribution in [0.1, 0.15) is 43.0 Å². The van der Waals surface area contributed by atoms with E-state index in [-0.39, 0.29) is 6.04 Å². The molecule has 0 bridgehead atoms. The molecule has 1 heterocycles. The van der Waals surface area contributed by atoms with Crippen LogP contribution in [0.25, 0.3) is 10.9 Å². The molecule has 1 aliphatic carbocycles. The molecule has 18 heavy (non-hydrogen) atoms. The van der Waals surface area contributed by atoms with Crippen molar-refractivity contribution in [2.45, 2.75) is 38.6 Å². The lowest BCUT2D eigenvalue weighted by Crippen LogP contribution is -2.19. The molecule has 1 atom stereocenters. The summed E-state index contributed by atoms with van der Waals surface area (Å²) in [6.07, 6.45) is 5.16. The van der Waals surface area contributed by atoms with Gasteiger partial charge in [0.1, 0.15) is 0 Å². The van der Waals surface area contributed by atoms with Crippen molar-refractivity contribution in [3.63, 3.8) is 0 Å². The average Bonchev–Trinajstić information content (AvgIpc) is 2.94. The zero-order valence-corrected chi connectivity index (χ0v) is 11.4.